The molecule has 3 aromatic carbocycles. The number of nitrogens with one attached hydrogen (secondary N) is 1. The van der Waals surface area contributed by atoms with Gasteiger partial charge in [-0.1, -0.05) is 66.2 Å². The quantitative estimate of drug-likeness (QED) is 0.618. The van der Waals surface area contributed by atoms with Crippen molar-refractivity contribution in [3.8, 4) is 5.75 Å². The Bertz CT molecular complexity index is 909. The fourth-order valence-electron chi connectivity index (χ4n) is 2.93. The number of nitrogens with zero attached hydrogens (tertiary/aromatic N) is 1. The van der Waals surface area contributed by atoms with E-state index in [2.05, 4.69) is 22.7 Å². The molecular weight excluding hydrogens is 332 g/mol. The predicted molar refractivity (Wildman–Crippen MR) is 102 cm³/mol. The third-order valence-corrected chi connectivity index (χ3v) is 4.53. The van der Waals surface area contributed by atoms with Gasteiger partial charge in [-0.05, 0) is 29.8 Å². The molecule has 0 bridgehead atoms. The van der Waals surface area contributed by atoms with Crippen LogP contribution in [0, 0.1) is 0 Å². The monoisotopic (exact) mass is 348 g/mol. The third-order valence-electron chi connectivity index (χ3n) is 4.20. The third kappa shape index (κ3) is 3.37. The zero-order valence-electron chi connectivity index (χ0n) is 13.5. The number of para-hydroxylation sites is 2. The molecule has 1 aliphatic rings. The van der Waals surface area contributed by atoms with Crippen molar-refractivity contribution < 1.29 is 4.74 Å². The summed E-state index contributed by atoms with van der Waals surface area (Å²) in [5.74, 6) is 0.849. The van der Waals surface area contributed by atoms with Gasteiger partial charge in [-0.2, -0.15) is 5.10 Å². The minimum atomic E-state index is -0.0529. The molecule has 0 spiro atoms. The second-order valence-corrected chi connectivity index (χ2v) is 6.27. The van der Waals surface area contributed by atoms with Crippen LogP contribution in [0.15, 0.2) is 84.0 Å². The zero-order chi connectivity index (χ0) is 17.1. The van der Waals surface area contributed by atoms with Gasteiger partial charge in [0.25, 0.3) is 0 Å². The first-order chi connectivity index (χ1) is 12.3. The number of hydrogen-bond acceptors (Lipinski definition) is 3. The highest BCUT2D eigenvalue weighted by Gasteiger charge is 2.26. The van der Waals surface area contributed by atoms with E-state index in [0.717, 1.165) is 28.3 Å². The zero-order valence-corrected chi connectivity index (χ0v) is 14.3. The molecular formula is C21H17ClN2O. The molecule has 3 nitrogen and oxygen atoms in total. The number of hydrogen-bond donors (Lipinski definition) is 1. The Hall–Kier alpha value is -2.78. The maximum Gasteiger partial charge on any atom is 0.129 e. The summed E-state index contributed by atoms with van der Waals surface area (Å²) in [4.78, 5) is 0. The van der Waals surface area contributed by atoms with E-state index in [0.29, 0.717) is 11.4 Å². The van der Waals surface area contributed by atoms with E-state index in [9.17, 15) is 0 Å². The van der Waals surface area contributed by atoms with Crippen molar-refractivity contribution in [3.63, 3.8) is 0 Å². The summed E-state index contributed by atoms with van der Waals surface area (Å²) in [5, 5.41) is 5.28. The lowest BCUT2D eigenvalue weighted by Crippen LogP contribution is -2.21. The van der Waals surface area contributed by atoms with Gasteiger partial charge in [0.2, 0.25) is 0 Å². The second-order valence-electron chi connectivity index (χ2n) is 5.87. The number of hydrazone groups is 1. The maximum atomic E-state index is 6.21. The molecule has 4 rings (SSSR count). The molecule has 124 valence electrons. The van der Waals surface area contributed by atoms with Crippen molar-refractivity contribution in [1.82, 2.24) is 0 Å². The minimum Gasteiger partial charge on any atom is -0.485 e. The van der Waals surface area contributed by atoms with E-state index in [1.54, 1.807) is 0 Å². The molecule has 1 atom stereocenters. The van der Waals surface area contributed by atoms with Crippen molar-refractivity contribution in [1.29, 1.82) is 0 Å². The van der Waals surface area contributed by atoms with Crippen LogP contribution in [0.4, 0.5) is 5.69 Å². The molecule has 0 radical (unpaired) electrons. The molecule has 0 aromatic heterocycles. The van der Waals surface area contributed by atoms with Gasteiger partial charge in [0.05, 0.1) is 16.4 Å². The van der Waals surface area contributed by atoms with Crippen LogP contribution in [0.1, 0.15) is 23.7 Å². The maximum absolute atomic E-state index is 6.21. The number of ether oxygens (including phenoxy) is 1. The molecule has 1 aliphatic heterocycles. The van der Waals surface area contributed by atoms with Gasteiger partial charge in [0, 0.05) is 12.0 Å². The summed E-state index contributed by atoms with van der Waals surface area (Å²) in [6.45, 7) is 0. The van der Waals surface area contributed by atoms with Crippen LogP contribution >= 0.6 is 11.6 Å². The lowest BCUT2D eigenvalue weighted by atomic mass is 9.96. The molecule has 1 N–H and O–H groups in total. The number of halogens is 1. The highest BCUT2D eigenvalue weighted by Crippen LogP contribution is 2.35. The predicted octanol–water partition coefficient (Wildman–Crippen LogP) is 5.68. The molecule has 0 amide bonds. The van der Waals surface area contributed by atoms with E-state index >= 15 is 0 Å². The SMILES string of the molecule is Clc1ccccc1N/N=C1\CC(c2ccccc2)Oc2ccccc21. The van der Waals surface area contributed by atoms with Gasteiger partial charge < -0.3 is 4.74 Å². The Balaban J connectivity index is 1.68. The van der Waals surface area contributed by atoms with Gasteiger partial charge in [0.15, 0.2) is 0 Å². The largest absolute Gasteiger partial charge is 0.485 e. The summed E-state index contributed by atoms with van der Waals surface area (Å²) < 4.78 is 6.19. The van der Waals surface area contributed by atoms with Crippen molar-refractivity contribution in [3.05, 3.63) is 95.0 Å². The Kier molecular flexibility index (Phi) is 4.40. The Labute approximate surface area is 151 Å². The average Bonchev–Trinajstić information content (AvgIpc) is 2.67. The van der Waals surface area contributed by atoms with Crippen LogP contribution in [0.25, 0.3) is 0 Å². The normalized spacial score (nSPS) is 17.6. The van der Waals surface area contributed by atoms with Crippen molar-refractivity contribution in [2.24, 2.45) is 5.10 Å². The first kappa shape index (κ1) is 15.7. The molecule has 1 heterocycles. The van der Waals surface area contributed by atoms with Gasteiger partial charge in [-0.15, -0.1) is 0 Å². The standard InChI is InChI=1S/C21H17ClN2O/c22-17-11-5-6-12-18(17)23-24-19-14-21(15-8-2-1-3-9-15)25-20-13-7-4-10-16(19)20/h1-13,21,23H,14H2/b24-19+. The molecule has 0 aliphatic carbocycles. The van der Waals surface area contributed by atoms with Crippen LogP contribution in [0.3, 0.4) is 0 Å². The Morgan fingerprint density at radius 1 is 0.880 bits per heavy atom. The number of benzene rings is 3. The molecule has 3 aromatic rings. The summed E-state index contributed by atoms with van der Waals surface area (Å²) in [5.41, 5.74) is 6.99. The van der Waals surface area contributed by atoms with Gasteiger partial charge in [-0.25, -0.2) is 0 Å². The summed E-state index contributed by atoms with van der Waals surface area (Å²) in [6, 6.07) is 25.8. The smallest absolute Gasteiger partial charge is 0.129 e. The van der Waals surface area contributed by atoms with Crippen LogP contribution < -0.4 is 10.2 Å². The van der Waals surface area contributed by atoms with Crippen molar-refractivity contribution >= 4 is 23.0 Å². The summed E-state index contributed by atoms with van der Waals surface area (Å²) in [6.07, 6.45) is 0.640. The lowest BCUT2D eigenvalue weighted by Gasteiger charge is -2.27. The fraction of sp³-hybridized carbons (Fsp3) is 0.0952. The van der Waals surface area contributed by atoms with E-state index < -0.39 is 0 Å². The molecule has 1 unspecified atom stereocenters. The highest BCUT2D eigenvalue weighted by atomic mass is 35.5. The summed E-state index contributed by atoms with van der Waals surface area (Å²) in [7, 11) is 0. The van der Waals surface area contributed by atoms with Crippen molar-refractivity contribution in [2.45, 2.75) is 12.5 Å². The van der Waals surface area contributed by atoms with Crippen molar-refractivity contribution in [2.75, 3.05) is 5.43 Å². The average molecular weight is 349 g/mol. The van der Waals surface area contributed by atoms with Crippen LogP contribution in [-0.2, 0) is 0 Å². The minimum absolute atomic E-state index is 0.0529. The van der Waals surface area contributed by atoms with Gasteiger partial charge in [-0.3, -0.25) is 5.43 Å². The van der Waals surface area contributed by atoms with Gasteiger partial charge >= 0.3 is 0 Å². The first-order valence-electron chi connectivity index (χ1n) is 8.19. The fourth-order valence-corrected chi connectivity index (χ4v) is 3.11. The second kappa shape index (κ2) is 6.99. The van der Waals surface area contributed by atoms with Crippen LogP contribution in [-0.4, -0.2) is 5.71 Å². The van der Waals surface area contributed by atoms with E-state index in [1.165, 1.54) is 0 Å². The number of fused-ring (bicyclic) bond motifs is 1. The van der Waals surface area contributed by atoms with Gasteiger partial charge in [0.1, 0.15) is 11.9 Å². The number of anilines is 1. The van der Waals surface area contributed by atoms with E-state index in [1.807, 2.05) is 66.7 Å². The molecule has 25 heavy (non-hydrogen) atoms. The molecule has 4 heteroatoms. The summed E-state index contributed by atoms with van der Waals surface area (Å²) >= 11 is 6.21. The Morgan fingerprint density at radius 3 is 2.44 bits per heavy atom. The highest BCUT2D eigenvalue weighted by molar-refractivity contribution is 6.33. The molecule has 0 fully saturated rings. The van der Waals surface area contributed by atoms with Crippen LogP contribution in [0.5, 0.6) is 5.75 Å². The van der Waals surface area contributed by atoms with E-state index in [-0.39, 0.29) is 6.10 Å². The van der Waals surface area contributed by atoms with E-state index in [4.69, 9.17) is 16.3 Å². The van der Waals surface area contributed by atoms with Crippen LogP contribution in [0.2, 0.25) is 5.02 Å². The topological polar surface area (TPSA) is 33.6 Å². The first-order valence-corrected chi connectivity index (χ1v) is 8.57. The Morgan fingerprint density at radius 2 is 1.60 bits per heavy atom. The number of rotatable bonds is 3. The molecule has 0 saturated heterocycles. The lowest BCUT2D eigenvalue weighted by molar-refractivity contribution is 0.206. The molecule has 0 saturated carbocycles.